The van der Waals surface area contributed by atoms with Crippen molar-refractivity contribution >= 4 is 30.7 Å². The molecule has 0 radical (unpaired) electrons. The van der Waals surface area contributed by atoms with Crippen LogP contribution in [0.5, 0.6) is 0 Å². The van der Waals surface area contributed by atoms with E-state index < -0.39 is 0 Å². The van der Waals surface area contributed by atoms with E-state index in [0.717, 1.165) is 18.7 Å². The number of benzene rings is 2. The molecule has 3 atom stereocenters. The van der Waals surface area contributed by atoms with Crippen LogP contribution in [0.3, 0.4) is 0 Å². The largest absolute Gasteiger partial charge is 0.354 e. The van der Waals surface area contributed by atoms with Crippen LogP contribution in [0.2, 0.25) is 0 Å². The Hall–Kier alpha value is -1.59. The van der Waals surface area contributed by atoms with E-state index in [9.17, 15) is 4.79 Å². The van der Waals surface area contributed by atoms with E-state index in [1.54, 1.807) is 0 Å². The van der Waals surface area contributed by atoms with Gasteiger partial charge in [-0.3, -0.25) is 9.69 Å². The fraction of sp³-hybridized carbons (Fsp3) is 0.409. The number of halogens is 2. The molecule has 0 bridgehead atoms. The van der Waals surface area contributed by atoms with Gasteiger partial charge in [-0.25, -0.2) is 0 Å². The number of nitrogens with one attached hydrogen (secondary N) is 1. The predicted octanol–water partition coefficient (Wildman–Crippen LogP) is 4.12. The van der Waals surface area contributed by atoms with E-state index >= 15 is 0 Å². The normalized spacial score (nSPS) is 16.9. The van der Waals surface area contributed by atoms with E-state index in [2.05, 4.69) is 34.5 Å². The summed E-state index contributed by atoms with van der Waals surface area (Å²) in [4.78, 5) is 15.2. The molecule has 1 aliphatic rings. The smallest absolute Gasteiger partial charge is 0.224 e. The third-order valence-corrected chi connectivity index (χ3v) is 5.37. The minimum absolute atomic E-state index is 0. The van der Waals surface area contributed by atoms with E-state index in [1.807, 2.05) is 43.3 Å². The van der Waals surface area contributed by atoms with Crippen LogP contribution in [0.4, 0.5) is 0 Å². The number of carbonyl (C=O) groups excluding carboxylic acids is 1. The molecule has 1 saturated heterocycles. The maximum Gasteiger partial charge on any atom is 0.224 e. The second-order valence-corrected chi connectivity index (χ2v) is 7.14. The zero-order valence-electron chi connectivity index (χ0n) is 16.3. The first-order chi connectivity index (χ1) is 12.7. The highest BCUT2D eigenvalue weighted by molar-refractivity contribution is 5.85. The Balaban J connectivity index is 0.00000196. The van der Waals surface area contributed by atoms with Gasteiger partial charge in [0.2, 0.25) is 5.91 Å². The number of nitrogens with zero attached hydrogens (tertiary/aromatic N) is 1. The van der Waals surface area contributed by atoms with Crippen LogP contribution in [-0.2, 0) is 4.79 Å². The van der Waals surface area contributed by atoms with Gasteiger partial charge in [0, 0.05) is 12.6 Å². The summed E-state index contributed by atoms with van der Waals surface area (Å²) in [5.74, 6) is -0.256. The Morgan fingerprint density at radius 1 is 0.964 bits per heavy atom. The summed E-state index contributed by atoms with van der Waals surface area (Å²) in [7, 11) is 0. The standard InChI is InChI=1S/C22H29N3O.2ClH/c1-17(21(23)19-12-6-3-7-13-19)22(26)24-16-20(25-14-8-9-15-25)18-10-4-2-5-11-18;;/h2-7,10-13,17,20-21H,8-9,14-16,23H2,1H3,(H,24,26);2*1H. The molecular weight excluding hydrogens is 393 g/mol. The maximum atomic E-state index is 12.7. The van der Waals surface area contributed by atoms with Crippen molar-refractivity contribution in [3.63, 3.8) is 0 Å². The Labute approximate surface area is 180 Å². The molecule has 1 aliphatic heterocycles. The van der Waals surface area contributed by atoms with Crippen molar-refractivity contribution in [2.75, 3.05) is 19.6 Å². The topological polar surface area (TPSA) is 58.4 Å². The molecule has 2 aromatic carbocycles. The number of rotatable bonds is 7. The van der Waals surface area contributed by atoms with Crippen molar-refractivity contribution in [1.29, 1.82) is 0 Å². The molecule has 3 N–H and O–H groups in total. The molecule has 0 aliphatic carbocycles. The molecule has 154 valence electrons. The van der Waals surface area contributed by atoms with E-state index in [0.29, 0.717) is 6.54 Å². The molecule has 28 heavy (non-hydrogen) atoms. The fourth-order valence-electron chi connectivity index (χ4n) is 3.67. The van der Waals surface area contributed by atoms with Crippen molar-refractivity contribution < 1.29 is 4.79 Å². The Bertz CT molecular complexity index is 693. The first kappa shape index (κ1) is 24.4. The van der Waals surface area contributed by atoms with Crippen LogP contribution in [0.1, 0.15) is 43.0 Å². The molecule has 2 aromatic rings. The Morgan fingerprint density at radius 2 is 1.46 bits per heavy atom. The second kappa shape index (κ2) is 12.1. The maximum absolute atomic E-state index is 12.7. The van der Waals surface area contributed by atoms with Gasteiger partial charge in [-0.05, 0) is 37.1 Å². The molecule has 1 heterocycles. The fourth-order valence-corrected chi connectivity index (χ4v) is 3.67. The van der Waals surface area contributed by atoms with Crippen molar-refractivity contribution in [1.82, 2.24) is 10.2 Å². The van der Waals surface area contributed by atoms with Crippen LogP contribution in [0, 0.1) is 5.92 Å². The molecule has 3 unspecified atom stereocenters. The molecule has 0 aromatic heterocycles. The summed E-state index contributed by atoms with van der Waals surface area (Å²) < 4.78 is 0. The summed E-state index contributed by atoms with van der Waals surface area (Å²) in [6.45, 7) is 4.71. The zero-order valence-corrected chi connectivity index (χ0v) is 17.9. The summed E-state index contributed by atoms with van der Waals surface area (Å²) in [5, 5.41) is 3.15. The van der Waals surface area contributed by atoms with E-state index in [-0.39, 0.29) is 48.7 Å². The van der Waals surface area contributed by atoms with Gasteiger partial charge in [0.15, 0.2) is 0 Å². The van der Waals surface area contributed by atoms with Crippen molar-refractivity contribution in [2.24, 2.45) is 11.7 Å². The number of carbonyl (C=O) groups is 1. The van der Waals surface area contributed by atoms with E-state index in [4.69, 9.17) is 5.73 Å². The second-order valence-electron chi connectivity index (χ2n) is 7.14. The summed E-state index contributed by atoms with van der Waals surface area (Å²) in [6.07, 6.45) is 2.46. The third kappa shape index (κ3) is 6.21. The molecule has 6 heteroatoms. The number of amides is 1. The van der Waals surface area contributed by atoms with Gasteiger partial charge in [0.1, 0.15) is 0 Å². The summed E-state index contributed by atoms with van der Waals surface area (Å²) >= 11 is 0. The van der Waals surface area contributed by atoms with Gasteiger partial charge < -0.3 is 11.1 Å². The van der Waals surface area contributed by atoms with Crippen LogP contribution >= 0.6 is 24.8 Å². The van der Waals surface area contributed by atoms with Crippen molar-refractivity contribution in [3.05, 3.63) is 71.8 Å². The number of likely N-dealkylation sites (tertiary alicyclic amines) is 1. The number of nitrogens with two attached hydrogens (primary N) is 1. The highest BCUT2D eigenvalue weighted by atomic mass is 35.5. The molecule has 1 amide bonds. The van der Waals surface area contributed by atoms with Gasteiger partial charge in [-0.2, -0.15) is 0 Å². The lowest BCUT2D eigenvalue weighted by molar-refractivity contribution is -0.125. The molecule has 1 fully saturated rings. The van der Waals surface area contributed by atoms with Crippen molar-refractivity contribution in [3.8, 4) is 0 Å². The molecule has 0 spiro atoms. The lowest BCUT2D eigenvalue weighted by Crippen LogP contribution is -2.41. The number of hydrogen-bond donors (Lipinski definition) is 2. The zero-order chi connectivity index (χ0) is 18.4. The molecule has 0 saturated carbocycles. The highest BCUT2D eigenvalue weighted by Crippen LogP contribution is 2.25. The molecule has 3 rings (SSSR count). The Morgan fingerprint density at radius 3 is 2.00 bits per heavy atom. The van der Waals surface area contributed by atoms with Crippen LogP contribution in [0.25, 0.3) is 0 Å². The Kier molecular flexibility index (Phi) is 10.5. The van der Waals surface area contributed by atoms with E-state index in [1.165, 1.54) is 18.4 Å². The average molecular weight is 424 g/mol. The molecule has 4 nitrogen and oxygen atoms in total. The summed E-state index contributed by atoms with van der Waals surface area (Å²) in [5.41, 5.74) is 8.56. The van der Waals surface area contributed by atoms with Gasteiger partial charge in [0.05, 0.1) is 12.0 Å². The van der Waals surface area contributed by atoms with Crippen molar-refractivity contribution in [2.45, 2.75) is 31.8 Å². The number of hydrogen-bond acceptors (Lipinski definition) is 3. The van der Waals surface area contributed by atoms with Crippen LogP contribution in [0.15, 0.2) is 60.7 Å². The minimum Gasteiger partial charge on any atom is -0.354 e. The SMILES string of the molecule is CC(C(=O)NCC(c1ccccc1)N1CCCC1)C(N)c1ccccc1.Cl.Cl. The van der Waals surface area contributed by atoms with Gasteiger partial charge in [-0.1, -0.05) is 67.6 Å². The van der Waals surface area contributed by atoms with Crippen LogP contribution in [-0.4, -0.2) is 30.4 Å². The third-order valence-electron chi connectivity index (χ3n) is 5.37. The van der Waals surface area contributed by atoms with Gasteiger partial charge in [0.25, 0.3) is 0 Å². The highest BCUT2D eigenvalue weighted by Gasteiger charge is 2.26. The first-order valence-electron chi connectivity index (χ1n) is 9.54. The monoisotopic (exact) mass is 423 g/mol. The minimum atomic E-state index is -0.293. The summed E-state index contributed by atoms with van der Waals surface area (Å²) in [6, 6.07) is 20.2. The first-order valence-corrected chi connectivity index (χ1v) is 9.54. The van der Waals surface area contributed by atoms with Gasteiger partial charge in [-0.15, -0.1) is 24.8 Å². The lowest BCUT2D eigenvalue weighted by atomic mass is 9.94. The average Bonchev–Trinajstić information content (AvgIpc) is 3.23. The lowest BCUT2D eigenvalue weighted by Gasteiger charge is -2.29. The molecular formula is C22H31Cl2N3O. The van der Waals surface area contributed by atoms with Gasteiger partial charge >= 0.3 is 0 Å². The predicted molar refractivity (Wildman–Crippen MR) is 120 cm³/mol. The van der Waals surface area contributed by atoms with Crippen LogP contribution < -0.4 is 11.1 Å². The quantitative estimate of drug-likeness (QED) is 0.703.